The monoisotopic (exact) mass is 371 g/mol. The number of hydrogen-bond acceptors (Lipinski definition) is 2. The first kappa shape index (κ1) is 21.2. The SMILES string of the molecule is CCCCCCNC(=O)c1ccc(C[NH+](Cc2ccccc2)C(C)(C)C)o1. The Kier molecular flexibility index (Phi) is 8.11. The molecule has 0 spiro atoms. The number of furan rings is 1. The number of quaternary nitrogens is 1. The first-order valence-corrected chi connectivity index (χ1v) is 10.2. The Hall–Kier alpha value is -2.07. The second-order valence-corrected chi connectivity index (χ2v) is 8.28. The molecule has 0 saturated carbocycles. The predicted octanol–water partition coefficient (Wildman–Crippen LogP) is 3.97. The highest BCUT2D eigenvalue weighted by molar-refractivity contribution is 5.91. The molecule has 0 saturated heterocycles. The van der Waals surface area contributed by atoms with Crippen molar-refractivity contribution in [1.82, 2.24) is 5.32 Å². The van der Waals surface area contributed by atoms with Gasteiger partial charge >= 0.3 is 0 Å². The summed E-state index contributed by atoms with van der Waals surface area (Å²) in [5, 5.41) is 2.96. The van der Waals surface area contributed by atoms with E-state index in [1.165, 1.54) is 23.3 Å². The molecule has 1 unspecified atom stereocenters. The van der Waals surface area contributed by atoms with Gasteiger partial charge in [-0.25, -0.2) is 0 Å². The lowest BCUT2D eigenvalue weighted by Gasteiger charge is -2.31. The third-order valence-electron chi connectivity index (χ3n) is 4.91. The summed E-state index contributed by atoms with van der Waals surface area (Å²) in [6.07, 6.45) is 4.59. The quantitative estimate of drug-likeness (QED) is 0.621. The van der Waals surface area contributed by atoms with E-state index in [4.69, 9.17) is 4.42 Å². The lowest BCUT2D eigenvalue weighted by molar-refractivity contribution is -0.973. The molecule has 1 aromatic carbocycles. The van der Waals surface area contributed by atoms with Gasteiger partial charge in [0.15, 0.2) is 11.5 Å². The lowest BCUT2D eigenvalue weighted by Crippen LogP contribution is -3.16. The molecule has 0 aliphatic carbocycles. The molecular weight excluding hydrogens is 336 g/mol. The van der Waals surface area contributed by atoms with Crippen molar-refractivity contribution >= 4 is 5.91 Å². The Balaban J connectivity index is 1.94. The van der Waals surface area contributed by atoms with Crippen LogP contribution in [0.2, 0.25) is 0 Å². The van der Waals surface area contributed by atoms with E-state index in [2.05, 4.69) is 57.3 Å². The maximum Gasteiger partial charge on any atom is 0.286 e. The molecule has 0 radical (unpaired) electrons. The summed E-state index contributed by atoms with van der Waals surface area (Å²) >= 11 is 0. The minimum Gasteiger partial charge on any atom is -0.450 e. The highest BCUT2D eigenvalue weighted by Gasteiger charge is 2.27. The Labute approximate surface area is 163 Å². The minimum absolute atomic E-state index is 0.0737. The molecule has 1 atom stereocenters. The van der Waals surface area contributed by atoms with Gasteiger partial charge in [0, 0.05) is 12.1 Å². The molecule has 27 heavy (non-hydrogen) atoms. The van der Waals surface area contributed by atoms with Crippen LogP contribution in [0.4, 0.5) is 0 Å². The zero-order valence-electron chi connectivity index (χ0n) is 17.3. The normalized spacial score (nSPS) is 12.7. The summed E-state index contributed by atoms with van der Waals surface area (Å²) in [6, 6.07) is 14.2. The van der Waals surface area contributed by atoms with E-state index in [-0.39, 0.29) is 11.4 Å². The molecule has 0 fully saturated rings. The molecule has 0 aliphatic rings. The van der Waals surface area contributed by atoms with Crippen LogP contribution < -0.4 is 10.2 Å². The number of benzene rings is 1. The van der Waals surface area contributed by atoms with E-state index in [1.54, 1.807) is 6.07 Å². The van der Waals surface area contributed by atoms with Crippen molar-refractivity contribution in [2.45, 2.75) is 72.0 Å². The van der Waals surface area contributed by atoms with Gasteiger partial charge in [0.05, 0.1) is 5.54 Å². The van der Waals surface area contributed by atoms with Gasteiger partial charge < -0.3 is 14.6 Å². The van der Waals surface area contributed by atoms with Crippen LogP contribution in [0.25, 0.3) is 0 Å². The first-order chi connectivity index (χ1) is 12.9. The van der Waals surface area contributed by atoms with Crippen LogP contribution >= 0.6 is 0 Å². The molecule has 2 N–H and O–H groups in total. The van der Waals surface area contributed by atoms with Crippen LogP contribution in [-0.2, 0) is 13.1 Å². The Bertz CT molecular complexity index is 686. The van der Waals surface area contributed by atoms with E-state index >= 15 is 0 Å². The van der Waals surface area contributed by atoms with Crippen molar-refractivity contribution in [3.8, 4) is 0 Å². The van der Waals surface area contributed by atoms with E-state index in [0.29, 0.717) is 12.3 Å². The number of hydrogen-bond donors (Lipinski definition) is 2. The van der Waals surface area contributed by atoms with Crippen LogP contribution in [-0.4, -0.2) is 18.0 Å². The first-order valence-electron chi connectivity index (χ1n) is 10.2. The topological polar surface area (TPSA) is 46.7 Å². The highest BCUT2D eigenvalue weighted by Crippen LogP contribution is 2.09. The second kappa shape index (κ2) is 10.3. The number of carbonyl (C=O) groups is 1. The molecule has 4 heteroatoms. The summed E-state index contributed by atoms with van der Waals surface area (Å²) in [5.74, 6) is 1.15. The standard InChI is InChI=1S/C23H34N2O2/c1-5-6-7-11-16-24-22(26)21-15-14-20(27-21)18-25(23(2,3)4)17-19-12-9-8-10-13-19/h8-10,12-15H,5-7,11,16-18H2,1-4H3,(H,24,26)/p+1. The maximum atomic E-state index is 12.3. The molecule has 1 heterocycles. The molecule has 4 nitrogen and oxygen atoms in total. The van der Waals surface area contributed by atoms with E-state index in [9.17, 15) is 4.79 Å². The third-order valence-corrected chi connectivity index (χ3v) is 4.91. The van der Waals surface area contributed by atoms with Crippen molar-refractivity contribution in [3.63, 3.8) is 0 Å². The van der Waals surface area contributed by atoms with Crippen LogP contribution in [0.5, 0.6) is 0 Å². The Morgan fingerprint density at radius 1 is 1.00 bits per heavy atom. The third kappa shape index (κ3) is 7.22. The van der Waals surface area contributed by atoms with Crippen LogP contribution in [0, 0.1) is 0 Å². The van der Waals surface area contributed by atoms with Crippen LogP contribution in [0.15, 0.2) is 46.9 Å². The summed E-state index contributed by atoms with van der Waals surface area (Å²) in [4.78, 5) is 13.7. The van der Waals surface area contributed by atoms with Gasteiger partial charge in [-0.2, -0.15) is 0 Å². The molecular formula is C23H35N2O2+. The van der Waals surface area contributed by atoms with Crippen LogP contribution in [0.1, 0.15) is 75.3 Å². The average Bonchev–Trinajstić information content (AvgIpc) is 3.10. The fourth-order valence-electron chi connectivity index (χ4n) is 3.08. The molecule has 1 aromatic heterocycles. The average molecular weight is 372 g/mol. The smallest absolute Gasteiger partial charge is 0.286 e. The van der Waals surface area contributed by atoms with Gasteiger partial charge in [-0.05, 0) is 39.3 Å². The summed E-state index contributed by atoms with van der Waals surface area (Å²) < 4.78 is 5.85. The van der Waals surface area contributed by atoms with Gasteiger partial charge in [0.2, 0.25) is 0 Å². The largest absolute Gasteiger partial charge is 0.450 e. The van der Waals surface area contributed by atoms with Gasteiger partial charge in [-0.1, -0.05) is 56.5 Å². The Morgan fingerprint density at radius 3 is 2.41 bits per heavy atom. The molecule has 0 bridgehead atoms. The number of unbranched alkanes of at least 4 members (excludes halogenated alkanes) is 3. The van der Waals surface area contributed by atoms with E-state index in [0.717, 1.165) is 31.7 Å². The Morgan fingerprint density at radius 2 is 1.74 bits per heavy atom. The van der Waals surface area contributed by atoms with E-state index < -0.39 is 0 Å². The van der Waals surface area contributed by atoms with Crippen molar-refractivity contribution in [3.05, 3.63) is 59.5 Å². The number of rotatable bonds is 10. The zero-order chi connectivity index (χ0) is 19.7. The summed E-state index contributed by atoms with van der Waals surface area (Å²) in [7, 11) is 0. The van der Waals surface area contributed by atoms with Crippen LogP contribution in [0.3, 0.4) is 0 Å². The van der Waals surface area contributed by atoms with Crippen molar-refractivity contribution in [1.29, 1.82) is 0 Å². The number of carbonyl (C=O) groups excluding carboxylic acids is 1. The predicted molar refractivity (Wildman–Crippen MR) is 110 cm³/mol. The molecule has 148 valence electrons. The number of amides is 1. The molecule has 2 rings (SSSR count). The molecule has 0 aliphatic heterocycles. The van der Waals surface area contributed by atoms with Crippen molar-refractivity contribution in [2.24, 2.45) is 0 Å². The highest BCUT2D eigenvalue weighted by atomic mass is 16.4. The van der Waals surface area contributed by atoms with E-state index in [1.807, 2.05) is 12.1 Å². The second-order valence-electron chi connectivity index (χ2n) is 8.28. The lowest BCUT2D eigenvalue weighted by atomic mass is 10.0. The van der Waals surface area contributed by atoms with Crippen molar-refractivity contribution in [2.75, 3.05) is 6.54 Å². The zero-order valence-corrected chi connectivity index (χ0v) is 17.3. The summed E-state index contributed by atoms with van der Waals surface area (Å²) in [5.41, 5.74) is 1.38. The van der Waals surface area contributed by atoms with Gasteiger partial charge in [0.1, 0.15) is 13.1 Å². The summed E-state index contributed by atoms with van der Waals surface area (Å²) in [6.45, 7) is 11.3. The van der Waals surface area contributed by atoms with Crippen molar-refractivity contribution < 1.29 is 14.1 Å². The molecule has 1 amide bonds. The number of nitrogens with one attached hydrogen (secondary N) is 2. The fraction of sp³-hybridized carbons (Fsp3) is 0.522. The molecule has 2 aromatic rings. The van der Waals surface area contributed by atoms with Gasteiger partial charge in [-0.3, -0.25) is 4.79 Å². The van der Waals surface area contributed by atoms with Gasteiger partial charge in [0.25, 0.3) is 5.91 Å². The maximum absolute atomic E-state index is 12.3. The van der Waals surface area contributed by atoms with Gasteiger partial charge in [-0.15, -0.1) is 0 Å². The fourth-order valence-corrected chi connectivity index (χ4v) is 3.08. The minimum atomic E-state index is -0.113.